The van der Waals surface area contributed by atoms with Gasteiger partial charge in [0, 0.05) is 23.0 Å². The van der Waals surface area contributed by atoms with E-state index in [1.807, 2.05) is 30.3 Å². The number of aromatic nitrogens is 2. The number of anilines is 2. The molecule has 2 aromatic carbocycles. The zero-order chi connectivity index (χ0) is 21.4. The number of nitrogens with zero attached hydrogens (tertiary/aromatic N) is 3. The third-order valence-corrected chi connectivity index (χ3v) is 5.48. The average molecular weight is 406 g/mol. The van der Waals surface area contributed by atoms with Gasteiger partial charge in [0.15, 0.2) is 0 Å². The molecule has 6 heteroatoms. The molecular formula is C25H18N4O2. The van der Waals surface area contributed by atoms with Gasteiger partial charge in [0.05, 0.1) is 23.4 Å². The van der Waals surface area contributed by atoms with Crippen LogP contribution < -0.4 is 5.32 Å². The standard InChI is InChI=1S/C25H18N4O2/c1-2-16-9-12-22-18(13-16)14-26-25(28-22)27-19-10-7-17(8-11-19)15-29-23(30)20-5-3-4-6-21(20)24(29)31/h1,3-8,10-11,13-14H,9,12,15H2,(H,26,27,28). The molecule has 2 aliphatic rings. The van der Waals surface area contributed by atoms with Crippen molar-refractivity contribution in [3.05, 3.63) is 88.2 Å². The maximum atomic E-state index is 12.5. The molecule has 5 rings (SSSR count). The molecular weight excluding hydrogens is 388 g/mol. The van der Waals surface area contributed by atoms with E-state index < -0.39 is 0 Å². The summed E-state index contributed by atoms with van der Waals surface area (Å²) >= 11 is 0. The molecule has 6 nitrogen and oxygen atoms in total. The highest BCUT2D eigenvalue weighted by Gasteiger charge is 2.34. The third kappa shape index (κ3) is 3.47. The van der Waals surface area contributed by atoms with Gasteiger partial charge in [-0.1, -0.05) is 30.2 Å². The summed E-state index contributed by atoms with van der Waals surface area (Å²) in [7, 11) is 0. The number of hydrogen-bond acceptors (Lipinski definition) is 5. The predicted molar refractivity (Wildman–Crippen MR) is 118 cm³/mol. The largest absolute Gasteiger partial charge is 0.324 e. The van der Waals surface area contributed by atoms with Crippen LogP contribution in [0.2, 0.25) is 0 Å². The van der Waals surface area contributed by atoms with E-state index in [2.05, 4.69) is 21.2 Å². The first-order valence-electron chi connectivity index (χ1n) is 9.96. The summed E-state index contributed by atoms with van der Waals surface area (Å²) in [6.45, 7) is 0.228. The third-order valence-electron chi connectivity index (χ3n) is 5.48. The van der Waals surface area contributed by atoms with Crippen molar-refractivity contribution >= 4 is 29.5 Å². The highest BCUT2D eigenvalue weighted by molar-refractivity contribution is 6.21. The number of hydrogen-bond donors (Lipinski definition) is 1. The number of amides is 2. The van der Waals surface area contributed by atoms with Crippen molar-refractivity contribution in [1.82, 2.24) is 14.9 Å². The Morgan fingerprint density at radius 2 is 1.71 bits per heavy atom. The maximum absolute atomic E-state index is 12.5. The fourth-order valence-corrected chi connectivity index (χ4v) is 3.82. The van der Waals surface area contributed by atoms with E-state index in [0.717, 1.165) is 40.9 Å². The predicted octanol–water partition coefficient (Wildman–Crippen LogP) is 3.98. The Morgan fingerprint density at radius 3 is 2.39 bits per heavy atom. The SMILES string of the molecule is C#CC1=Cc2cnc(Nc3ccc(CN4C(=O)c5ccccc5C4=O)cc3)nc2CC1. The first-order valence-corrected chi connectivity index (χ1v) is 9.96. The maximum Gasteiger partial charge on any atom is 0.261 e. The summed E-state index contributed by atoms with van der Waals surface area (Å²) in [5, 5.41) is 3.20. The van der Waals surface area contributed by atoms with Crippen molar-refractivity contribution in [2.45, 2.75) is 19.4 Å². The van der Waals surface area contributed by atoms with Gasteiger partial charge < -0.3 is 5.32 Å². The van der Waals surface area contributed by atoms with Crippen LogP contribution in [-0.4, -0.2) is 26.7 Å². The molecule has 1 aliphatic carbocycles. The van der Waals surface area contributed by atoms with Crippen LogP contribution in [0.4, 0.5) is 11.6 Å². The minimum atomic E-state index is -0.257. The Labute approximate surface area is 179 Å². The molecule has 0 radical (unpaired) electrons. The Kier molecular flexibility index (Phi) is 4.57. The summed E-state index contributed by atoms with van der Waals surface area (Å²) in [5.74, 6) is 2.69. The molecule has 0 unspecified atom stereocenters. The van der Waals surface area contributed by atoms with Crippen molar-refractivity contribution < 1.29 is 9.59 Å². The van der Waals surface area contributed by atoms with E-state index in [9.17, 15) is 9.59 Å². The molecule has 2 heterocycles. The van der Waals surface area contributed by atoms with E-state index in [0.29, 0.717) is 17.1 Å². The Bertz CT molecular complexity index is 1250. The van der Waals surface area contributed by atoms with Crippen LogP contribution in [0.25, 0.3) is 6.08 Å². The average Bonchev–Trinajstić information content (AvgIpc) is 3.05. The molecule has 0 saturated heterocycles. The minimum Gasteiger partial charge on any atom is -0.324 e. The molecule has 2 amide bonds. The number of rotatable bonds is 4. The Morgan fingerprint density at radius 1 is 1.00 bits per heavy atom. The van der Waals surface area contributed by atoms with Crippen molar-refractivity contribution in [2.75, 3.05) is 5.32 Å². The molecule has 0 spiro atoms. The number of carbonyl (C=O) groups excluding carboxylic acids is 2. The number of imide groups is 1. The highest BCUT2D eigenvalue weighted by Crippen LogP contribution is 2.26. The van der Waals surface area contributed by atoms with Gasteiger partial charge in [-0.2, -0.15) is 0 Å². The van der Waals surface area contributed by atoms with Crippen molar-refractivity contribution in [3.63, 3.8) is 0 Å². The first kappa shape index (κ1) is 18.8. The van der Waals surface area contributed by atoms with E-state index in [1.54, 1.807) is 30.5 Å². The van der Waals surface area contributed by atoms with E-state index in [1.165, 1.54) is 4.90 Å². The Balaban J connectivity index is 1.28. The monoisotopic (exact) mass is 406 g/mol. The van der Waals surface area contributed by atoms with Crippen LogP contribution in [0.15, 0.2) is 60.3 Å². The van der Waals surface area contributed by atoms with Crippen LogP contribution >= 0.6 is 0 Å². The number of aryl methyl sites for hydroxylation is 1. The topological polar surface area (TPSA) is 75.2 Å². The molecule has 0 saturated carbocycles. The molecule has 0 atom stereocenters. The van der Waals surface area contributed by atoms with Gasteiger partial charge in [0.1, 0.15) is 0 Å². The summed E-state index contributed by atoms with van der Waals surface area (Å²) in [4.78, 5) is 35.3. The molecule has 1 N–H and O–H groups in total. The van der Waals surface area contributed by atoms with Crippen molar-refractivity contribution in [2.24, 2.45) is 0 Å². The number of benzene rings is 2. The lowest BCUT2D eigenvalue weighted by atomic mass is 9.98. The zero-order valence-electron chi connectivity index (χ0n) is 16.6. The number of fused-ring (bicyclic) bond motifs is 2. The van der Waals surface area contributed by atoms with Gasteiger partial charge in [-0.05, 0) is 48.7 Å². The smallest absolute Gasteiger partial charge is 0.261 e. The quantitative estimate of drug-likeness (QED) is 0.524. The van der Waals surface area contributed by atoms with E-state index in [-0.39, 0.29) is 18.4 Å². The van der Waals surface area contributed by atoms with Crippen LogP contribution in [0.5, 0.6) is 0 Å². The number of terminal acetylenes is 1. The van der Waals surface area contributed by atoms with Crippen LogP contribution in [0.3, 0.4) is 0 Å². The second-order valence-electron chi connectivity index (χ2n) is 7.47. The Hall–Kier alpha value is -4.24. The fraction of sp³-hybridized carbons (Fsp3) is 0.120. The summed E-state index contributed by atoms with van der Waals surface area (Å²) in [5.41, 5.74) is 5.49. The number of nitrogens with one attached hydrogen (secondary N) is 1. The van der Waals surface area contributed by atoms with Crippen molar-refractivity contribution in [3.8, 4) is 12.3 Å². The number of allylic oxidation sites excluding steroid dienone is 1. The molecule has 0 bridgehead atoms. The highest BCUT2D eigenvalue weighted by atomic mass is 16.2. The molecule has 0 fully saturated rings. The lowest BCUT2D eigenvalue weighted by molar-refractivity contribution is 0.0642. The van der Waals surface area contributed by atoms with Crippen molar-refractivity contribution in [1.29, 1.82) is 0 Å². The first-order chi connectivity index (χ1) is 15.1. The summed E-state index contributed by atoms with van der Waals surface area (Å²) < 4.78 is 0. The van der Waals surface area contributed by atoms with Crippen LogP contribution in [-0.2, 0) is 13.0 Å². The van der Waals surface area contributed by atoms with E-state index in [4.69, 9.17) is 6.42 Å². The second-order valence-corrected chi connectivity index (χ2v) is 7.47. The fourth-order valence-electron chi connectivity index (χ4n) is 3.82. The van der Waals surface area contributed by atoms with Crippen LogP contribution in [0.1, 0.15) is 44.0 Å². The summed E-state index contributed by atoms with van der Waals surface area (Å²) in [6, 6.07) is 14.4. The molecule has 31 heavy (non-hydrogen) atoms. The van der Waals surface area contributed by atoms with Gasteiger partial charge in [0.2, 0.25) is 5.95 Å². The number of carbonyl (C=O) groups is 2. The molecule has 1 aromatic heterocycles. The van der Waals surface area contributed by atoms with Gasteiger partial charge >= 0.3 is 0 Å². The summed E-state index contributed by atoms with van der Waals surface area (Å²) in [6.07, 6.45) is 10.8. The lowest BCUT2D eigenvalue weighted by Gasteiger charge is -2.15. The van der Waals surface area contributed by atoms with Gasteiger partial charge in [-0.3, -0.25) is 14.5 Å². The zero-order valence-corrected chi connectivity index (χ0v) is 16.6. The molecule has 3 aromatic rings. The van der Waals surface area contributed by atoms with Gasteiger partial charge in [-0.15, -0.1) is 6.42 Å². The van der Waals surface area contributed by atoms with Gasteiger partial charge in [-0.25, -0.2) is 9.97 Å². The van der Waals surface area contributed by atoms with E-state index >= 15 is 0 Å². The molecule has 150 valence electrons. The normalized spacial score (nSPS) is 14.5. The lowest BCUT2D eigenvalue weighted by Crippen LogP contribution is -2.29. The van der Waals surface area contributed by atoms with Crippen LogP contribution in [0, 0.1) is 12.3 Å². The molecule has 1 aliphatic heterocycles. The van der Waals surface area contributed by atoms with Gasteiger partial charge in [0.25, 0.3) is 11.8 Å². The minimum absolute atomic E-state index is 0.228. The second kappa shape index (κ2) is 7.54.